The van der Waals surface area contributed by atoms with Crippen molar-refractivity contribution >= 4 is 10.0 Å². The van der Waals surface area contributed by atoms with Gasteiger partial charge in [-0.05, 0) is 38.3 Å². The van der Waals surface area contributed by atoms with Crippen LogP contribution in [-0.4, -0.2) is 14.0 Å². The molecule has 90 valence electrons. The number of nitrogens with zero attached hydrogens (tertiary/aromatic N) is 1. The molecule has 0 heterocycles. The molecule has 0 aliphatic heterocycles. The molecule has 1 aliphatic carbocycles. The van der Waals surface area contributed by atoms with Crippen molar-refractivity contribution in [2.75, 3.05) is 0 Å². The minimum atomic E-state index is -3.59. The molecule has 0 aromatic heterocycles. The summed E-state index contributed by atoms with van der Waals surface area (Å²) in [6.07, 6.45) is 2.74. The molecule has 1 fully saturated rings. The normalized spacial score (nSPS) is 18.1. The van der Waals surface area contributed by atoms with Crippen molar-refractivity contribution in [2.24, 2.45) is 0 Å². The smallest absolute Gasteiger partial charge is 0.207 e. The summed E-state index contributed by atoms with van der Waals surface area (Å²) >= 11 is 0. The largest absolute Gasteiger partial charge is 0.242 e. The molecule has 2 rings (SSSR count). The van der Waals surface area contributed by atoms with Gasteiger partial charge in [-0.15, -0.1) is 0 Å². The van der Waals surface area contributed by atoms with Gasteiger partial charge in [0.05, 0.1) is 10.5 Å². The average Bonchev–Trinajstić information content (AvgIpc) is 2.26. The van der Waals surface area contributed by atoms with E-state index in [4.69, 9.17) is 5.26 Å². The Kier molecular flexibility index (Phi) is 2.94. The summed E-state index contributed by atoms with van der Waals surface area (Å²) in [6.45, 7) is 1.89. The van der Waals surface area contributed by atoms with Crippen molar-refractivity contribution in [3.63, 3.8) is 0 Å². The summed E-state index contributed by atoms with van der Waals surface area (Å²) in [5, 5.41) is 8.91. The van der Waals surface area contributed by atoms with Crippen LogP contribution in [0.1, 0.15) is 31.7 Å². The maximum absolute atomic E-state index is 12.2. The number of nitrogens with one attached hydrogen (secondary N) is 1. The van der Waals surface area contributed by atoms with Gasteiger partial charge < -0.3 is 0 Å². The lowest BCUT2D eigenvalue weighted by molar-refractivity contribution is 0.248. The predicted molar refractivity (Wildman–Crippen MR) is 63.7 cm³/mol. The van der Waals surface area contributed by atoms with Gasteiger partial charge in [0.15, 0.2) is 0 Å². The van der Waals surface area contributed by atoms with Gasteiger partial charge in [-0.2, -0.15) is 5.26 Å². The Morgan fingerprint density at radius 3 is 2.53 bits per heavy atom. The lowest BCUT2D eigenvalue weighted by atomic mass is 9.80. The van der Waals surface area contributed by atoms with Gasteiger partial charge in [0, 0.05) is 5.54 Å². The SMILES string of the molecule is CC1(NS(=O)(=O)c2ccccc2C#N)CCC1. The number of hydrogen-bond acceptors (Lipinski definition) is 3. The molecule has 1 aromatic rings. The van der Waals surface area contributed by atoms with E-state index in [1.165, 1.54) is 12.1 Å². The van der Waals surface area contributed by atoms with E-state index in [-0.39, 0.29) is 16.0 Å². The standard InChI is InChI=1S/C12H14N2O2S/c1-12(7-4-8-12)14-17(15,16)11-6-3-2-5-10(11)9-13/h2-3,5-6,14H,4,7-8H2,1H3. The van der Waals surface area contributed by atoms with Gasteiger partial charge in [-0.1, -0.05) is 12.1 Å². The second-order valence-corrected chi connectivity index (χ2v) is 6.28. The summed E-state index contributed by atoms with van der Waals surface area (Å²) in [6, 6.07) is 8.16. The van der Waals surface area contributed by atoms with Crippen molar-refractivity contribution in [3.05, 3.63) is 29.8 Å². The molecule has 4 nitrogen and oxygen atoms in total. The maximum Gasteiger partial charge on any atom is 0.242 e. The first kappa shape index (κ1) is 12.1. The maximum atomic E-state index is 12.2. The zero-order valence-corrected chi connectivity index (χ0v) is 10.4. The van der Waals surface area contributed by atoms with Gasteiger partial charge in [0.1, 0.15) is 6.07 Å². The first-order chi connectivity index (χ1) is 7.97. The third-order valence-electron chi connectivity index (χ3n) is 3.13. The fourth-order valence-electron chi connectivity index (χ4n) is 1.98. The molecular formula is C12H14N2O2S. The third-order valence-corrected chi connectivity index (χ3v) is 4.83. The molecule has 1 N–H and O–H groups in total. The van der Waals surface area contributed by atoms with Gasteiger partial charge in [0.2, 0.25) is 10.0 Å². The Balaban J connectivity index is 2.35. The number of nitriles is 1. The molecule has 0 atom stereocenters. The number of benzene rings is 1. The summed E-state index contributed by atoms with van der Waals surface area (Å²) in [5.41, 5.74) is -0.163. The molecule has 0 spiro atoms. The van der Waals surface area contributed by atoms with Crippen molar-refractivity contribution in [1.82, 2.24) is 4.72 Å². The zero-order chi connectivity index (χ0) is 12.5. The zero-order valence-electron chi connectivity index (χ0n) is 9.60. The highest BCUT2D eigenvalue weighted by atomic mass is 32.2. The van der Waals surface area contributed by atoms with E-state index in [0.29, 0.717) is 0 Å². The van der Waals surface area contributed by atoms with Gasteiger partial charge in [0.25, 0.3) is 0 Å². The summed E-state index contributed by atoms with van der Waals surface area (Å²) in [5.74, 6) is 0. The second-order valence-electron chi connectivity index (χ2n) is 4.63. The minimum absolute atomic E-state index is 0.0654. The van der Waals surface area contributed by atoms with Crippen LogP contribution in [0.25, 0.3) is 0 Å². The quantitative estimate of drug-likeness (QED) is 0.889. The van der Waals surface area contributed by atoms with Gasteiger partial charge >= 0.3 is 0 Å². The second kappa shape index (κ2) is 4.13. The highest BCUT2D eigenvalue weighted by Gasteiger charge is 2.36. The van der Waals surface area contributed by atoms with E-state index in [9.17, 15) is 8.42 Å². The van der Waals surface area contributed by atoms with Crippen LogP contribution >= 0.6 is 0 Å². The highest BCUT2D eigenvalue weighted by molar-refractivity contribution is 7.89. The molecule has 0 bridgehead atoms. The van der Waals surface area contributed by atoms with Crippen LogP contribution in [0.4, 0.5) is 0 Å². The Morgan fingerprint density at radius 2 is 2.00 bits per heavy atom. The van der Waals surface area contributed by atoms with Crippen molar-refractivity contribution in [2.45, 2.75) is 36.6 Å². The van der Waals surface area contributed by atoms with E-state index in [0.717, 1.165) is 19.3 Å². The van der Waals surface area contributed by atoms with Crippen LogP contribution < -0.4 is 4.72 Å². The van der Waals surface area contributed by atoms with Crippen molar-refractivity contribution in [3.8, 4) is 6.07 Å². The average molecular weight is 250 g/mol. The molecule has 0 radical (unpaired) electrons. The first-order valence-corrected chi connectivity index (χ1v) is 6.98. The topological polar surface area (TPSA) is 70.0 Å². The lowest BCUT2D eigenvalue weighted by Gasteiger charge is -2.38. The van der Waals surface area contributed by atoms with Crippen LogP contribution in [0.3, 0.4) is 0 Å². The molecule has 1 aromatic carbocycles. The van der Waals surface area contributed by atoms with E-state index in [1.807, 2.05) is 13.0 Å². The van der Waals surface area contributed by atoms with Crippen LogP contribution in [0.2, 0.25) is 0 Å². The predicted octanol–water partition coefficient (Wildman–Crippen LogP) is 1.78. The molecule has 0 unspecified atom stereocenters. The number of hydrogen-bond donors (Lipinski definition) is 1. The Morgan fingerprint density at radius 1 is 1.35 bits per heavy atom. The van der Waals surface area contributed by atoms with E-state index in [1.54, 1.807) is 12.1 Å². The van der Waals surface area contributed by atoms with Crippen LogP contribution in [0.15, 0.2) is 29.2 Å². The molecular weight excluding hydrogens is 236 g/mol. The van der Waals surface area contributed by atoms with E-state index < -0.39 is 10.0 Å². The van der Waals surface area contributed by atoms with Crippen LogP contribution in [0.5, 0.6) is 0 Å². The third kappa shape index (κ3) is 2.33. The van der Waals surface area contributed by atoms with Crippen molar-refractivity contribution in [1.29, 1.82) is 5.26 Å². The molecule has 1 saturated carbocycles. The van der Waals surface area contributed by atoms with E-state index >= 15 is 0 Å². The van der Waals surface area contributed by atoms with Gasteiger partial charge in [-0.3, -0.25) is 0 Å². The number of rotatable bonds is 3. The van der Waals surface area contributed by atoms with E-state index in [2.05, 4.69) is 4.72 Å². The lowest BCUT2D eigenvalue weighted by Crippen LogP contribution is -2.50. The number of sulfonamides is 1. The molecule has 17 heavy (non-hydrogen) atoms. The summed E-state index contributed by atoms with van der Waals surface area (Å²) in [7, 11) is -3.59. The monoisotopic (exact) mass is 250 g/mol. The summed E-state index contributed by atoms with van der Waals surface area (Å²) < 4.78 is 27.0. The highest BCUT2D eigenvalue weighted by Crippen LogP contribution is 2.32. The minimum Gasteiger partial charge on any atom is -0.207 e. The Bertz CT molecular complexity index is 568. The van der Waals surface area contributed by atoms with Crippen molar-refractivity contribution < 1.29 is 8.42 Å². The van der Waals surface area contributed by atoms with Crippen LogP contribution in [-0.2, 0) is 10.0 Å². The fourth-order valence-corrected chi connectivity index (χ4v) is 3.61. The Labute approximate surface area is 101 Å². The molecule has 0 saturated heterocycles. The summed E-state index contributed by atoms with van der Waals surface area (Å²) in [4.78, 5) is 0.0654. The van der Waals surface area contributed by atoms with Crippen LogP contribution in [0, 0.1) is 11.3 Å². The van der Waals surface area contributed by atoms with Gasteiger partial charge in [-0.25, -0.2) is 13.1 Å². The first-order valence-electron chi connectivity index (χ1n) is 5.50. The fraction of sp³-hybridized carbons (Fsp3) is 0.417. The Hall–Kier alpha value is -1.38. The molecule has 1 aliphatic rings. The molecule has 5 heteroatoms. The molecule has 0 amide bonds.